The number of nitrogens with zero attached hydrogens (tertiary/aromatic N) is 2. The highest BCUT2D eigenvalue weighted by atomic mass is 16.5. The third-order valence-electron chi connectivity index (χ3n) is 4.84. The van der Waals surface area contributed by atoms with Gasteiger partial charge in [0.2, 0.25) is 5.75 Å². The minimum atomic E-state index is -0.261. The molecule has 0 radical (unpaired) electrons. The quantitative estimate of drug-likeness (QED) is 0.858. The van der Waals surface area contributed by atoms with Gasteiger partial charge < -0.3 is 23.7 Å². The predicted octanol–water partition coefficient (Wildman–Crippen LogP) is 1.78. The summed E-state index contributed by atoms with van der Waals surface area (Å²) in [4.78, 5) is 27.1. The normalized spacial score (nSPS) is 18.7. The molecule has 0 saturated carbocycles. The number of hydrogen-bond donors (Lipinski definition) is 0. The van der Waals surface area contributed by atoms with E-state index in [-0.39, 0.29) is 17.5 Å². The highest BCUT2D eigenvalue weighted by molar-refractivity contribution is 6.00. The van der Waals surface area contributed by atoms with Crippen molar-refractivity contribution in [2.24, 2.45) is 0 Å². The number of aromatic nitrogens is 1. The zero-order valence-electron chi connectivity index (χ0n) is 13.8. The number of rotatable bonds is 3. The highest BCUT2D eigenvalue weighted by Gasteiger charge is 2.41. The molecule has 2 aliphatic heterocycles. The number of amides is 1. The maximum atomic E-state index is 12.7. The second-order valence-corrected chi connectivity index (χ2v) is 5.92. The Morgan fingerprint density at radius 1 is 1.04 bits per heavy atom. The molecule has 1 aromatic carbocycles. The van der Waals surface area contributed by atoms with Crippen molar-refractivity contribution in [1.29, 1.82) is 0 Å². The number of pyridine rings is 1. The van der Waals surface area contributed by atoms with Gasteiger partial charge in [0.25, 0.3) is 5.91 Å². The molecule has 1 aromatic heterocycles. The molecule has 7 nitrogen and oxygen atoms in total. The Morgan fingerprint density at radius 3 is 2.46 bits per heavy atom. The lowest BCUT2D eigenvalue weighted by Gasteiger charge is -2.20. The summed E-state index contributed by atoms with van der Waals surface area (Å²) in [6, 6.07) is 3.15. The minimum Gasteiger partial charge on any atom is -0.493 e. The molecule has 1 atom stereocenters. The Balaban J connectivity index is 2.15. The Hall–Kier alpha value is -2.70. The zero-order chi connectivity index (χ0) is 17.0. The maximum Gasteiger partial charge on any atom is 0.272 e. The Labute approximate surface area is 138 Å². The first-order valence-corrected chi connectivity index (χ1v) is 7.81. The molecule has 1 saturated heterocycles. The molecule has 126 valence electrons. The molecule has 0 spiro atoms. The molecule has 1 unspecified atom stereocenters. The van der Waals surface area contributed by atoms with Crippen molar-refractivity contribution in [2.45, 2.75) is 19.0 Å². The van der Waals surface area contributed by atoms with E-state index in [9.17, 15) is 9.59 Å². The first kappa shape index (κ1) is 14.9. The summed E-state index contributed by atoms with van der Waals surface area (Å²) in [5.41, 5.74) is 0.796. The first-order valence-electron chi connectivity index (χ1n) is 7.81. The van der Waals surface area contributed by atoms with E-state index in [0.29, 0.717) is 40.4 Å². The van der Waals surface area contributed by atoms with Crippen LogP contribution in [0, 0.1) is 0 Å². The largest absolute Gasteiger partial charge is 0.493 e. The minimum absolute atomic E-state index is 0.0570. The van der Waals surface area contributed by atoms with E-state index in [0.717, 1.165) is 12.8 Å². The number of fused-ring (bicyclic) bond motifs is 5. The summed E-state index contributed by atoms with van der Waals surface area (Å²) in [5, 5.41) is 0.403. The average molecular weight is 330 g/mol. The van der Waals surface area contributed by atoms with Crippen molar-refractivity contribution in [1.82, 2.24) is 9.47 Å². The van der Waals surface area contributed by atoms with Crippen molar-refractivity contribution in [2.75, 3.05) is 27.9 Å². The molecule has 4 rings (SSSR count). The molecule has 2 aliphatic rings. The van der Waals surface area contributed by atoms with E-state index in [1.807, 2.05) is 9.47 Å². The molecule has 3 heterocycles. The maximum absolute atomic E-state index is 12.7. The number of ether oxygens (including phenoxy) is 3. The second kappa shape index (κ2) is 5.15. The van der Waals surface area contributed by atoms with Crippen LogP contribution >= 0.6 is 0 Å². The molecule has 0 N–H and O–H groups in total. The van der Waals surface area contributed by atoms with Gasteiger partial charge in [0.1, 0.15) is 11.9 Å². The van der Waals surface area contributed by atoms with Gasteiger partial charge in [-0.05, 0) is 12.8 Å². The van der Waals surface area contributed by atoms with E-state index in [2.05, 4.69) is 0 Å². The lowest BCUT2D eigenvalue weighted by Crippen LogP contribution is -2.23. The van der Waals surface area contributed by atoms with E-state index < -0.39 is 0 Å². The van der Waals surface area contributed by atoms with Crippen LogP contribution in [-0.2, 0) is 0 Å². The van der Waals surface area contributed by atoms with Gasteiger partial charge in [-0.1, -0.05) is 0 Å². The summed E-state index contributed by atoms with van der Waals surface area (Å²) >= 11 is 0. The summed E-state index contributed by atoms with van der Waals surface area (Å²) in [7, 11) is 4.52. The van der Waals surface area contributed by atoms with Crippen LogP contribution in [0.3, 0.4) is 0 Å². The van der Waals surface area contributed by atoms with Crippen molar-refractivity contribution >= 4 is 16.8 Å². The highest BCUT2D eigenvalue weighted by Crippen LogP contribution is 2.45. The van der Waals surface area contributed by atoms with Crippen molar-refractivity contribution in [3.63, 3.8) is 0 Å². The van der Waals surface area contributed by atoms with Gasteiger partial charge in [-0.3, -0.25) is 9.59 Å². The molecule has 2 aromatic rings. The van der Waals surface area contributed by atoms with Crippen LogP contribution < -0.4 is 19.6 Å². The monoisotopic (exact) mass is 330 g/mol. The predicted molar refractivity (Wildman–Crippen MR) is 87.2 cm³/mol. The fourth-order valence-electron chi connectivity index (χ4n) is 3.85. The van der Waals surface area contributed by atoms with Gasteiger partial charge in [-0.15, -0.1) is 0 Å². The molecule has 1 fully saturated rings. The fourth-order valence-corrected chi connectivity index (χ4v) is 3.85. The fraction of sp³-hybridized carbons (Fsp3) is 0.412. The second-order valence-electron chi connectivity index (χ2n) is 5.92. The third-order valence-corrected chi connectivity index (χ3v) is 4.84. The van der Waals surface area contributed by atoms with Gasteiger partial charge in [-0.2, -0.15) is 0 Å². The Kier molecular flexibility index (Phi) is 3.19. The van der Waals surface area contributed by atoms with E-state index >= 15 is 0 Å². The van der Waals surface area contributed by atoms with Gasteiger partial charge in [0.15, 0.2) is 16.9 Å². The zero-order valence-corrected chi connectivity index (χ0v) is 13.8. The van der Waals surface area contributed by atoms with Gasteiger partial charge >= 0.3 is 0 Å². The van der Waals surface area contributed by atoms with Crippen LogP contribution in [0.25, 0.3) is 10.9 Å². The van der Waals surface area contributed by atoms with Crippen LogP contribution in [-0.4, -0.2) is 43.2 Å². The summed E-state index contributed by atoms with van der Waals surface area (Å²) in [6.45, 7) is 0.714. The number of benzene rings is 1. The molecule has 1 amide bonds. The number of hydrogen-bond acceptors (Lipinski definition) is 5. The van der Waals surface area contributed by atoms with Crippen molar-refractivity contribution in [3.8, 4) is 17.2 Å². The Bertz CT molecular complexity index is 918. The summed E-state index contributed by atoms with van der Waals surface area (Å²) in [5.74, 6) is 1.07. The molecule has 7 heteroatoms. The molecule has 0 aliphatic carbocycles. The van der Waals surface area contributed by atoms with E-state index in [1.54, 1.807) is 6.07 Å². The molecule has 0 bridgehead atoms. The summed E-state index contributed by atoms with van der Waals surface area (Å²) < 4.78 is 18.2. The molecule has 24 heavy (non-hydrogen) atoms. The third kappa shape index (κ3) is 1.72. The summed E-state index contributed by atoms with van der Waals surface area (Å²) in [6.07, 6.45) is 1.76. The molecular weight excluding hydrogens is 312 g/mol. The van der Waals surface area contributed by atoms with Crippen LogP contribution in [0.2, 0.25) is 0 Å². The van der Waals surface area contributed by atoms with Crippen LogP contribution in [0.1, 0.15) is 29.5 Å². The van der Waals surface area contributed by atoms with E-state index in [1.165, 1.54) is 27.4 Å². The standard InChI is InChI=1S/C17H18N2O5/c1-22-12-8-9-14(16(24-3)15(12)23-2)11(20)7-10-17(21)18-6-4-5-13(18)19(9)10/h7-8,13H,4-6H2,1-3H3. The number of carbonyl (C=O) groups excluding carboxylic acids is 1. The molecular formula is C17H18N2O5. The average Bonchev–Trinajstić information content (AvgIpc) is 3.16. The smallest absolute Gasteiger partial charge is 0.272 e. The van der Waals surface area contributed by atoms with Crippen molar-refractivity contribution < 1.29 is 19.0 Å². The van der Waals surface area contributed by atoms with Crippen LogP contribution in [0.15, 0.2) is 16.9 Å². The topological polar surface area (TPSA) is 70.0 Å². The Morgan fingerprint density at radius 2 is 1.79 bits per heavy atom. The van der Waals surface area contributed by atoms with Gasteiger partial charge in [0.05, 0.1) is 32.2 Å². The SMILES string of the molecule is COc1cc2c(c(OC)c1OC)c(=O)cc1n2C2CCCN2C1=O. The van der Waals surface area contributed by atoms with Crippen molar-refractivity contribution in [3.05, 3.63) is 28.0 Å². The van der Waals surface area contributed by atoms with Gasteiger partial charge in [0, 0.05) is 18.7 Å². The van der Waals surface area contributed by atoms with Crippen LogP contribution in [0.5, 0.6) is 17.2 Å². The lowest BCUT2D eigenvalue weighted by molar-refractivity contribution is 0.0763. The number of carbonyl (C=O) groups is 1. The van der Waals surface area contributed by atoms with E-state index in [4.69, 9.17) is 14.2 Å². The number of methoxy groups -OCH3 is 3. The first-order chi connectivity index (χ1) is 11.6. The van der Waals surface area contributed by atoms with Crippen LogP contribution in [0.4, 0.5) is 0 Å². The van der Waals surface area contributed by atoms with Gasteiger partial charge in [-0.25, -0.2) is 0 Å². The lowest BCUT2D eigenvalue weighted by atomic mass is 10.1.